The molecule has 0 fully saturated rings. The highest BCUT2D eigenvalue weighted by Gasteiger charge is 2.13. The lowest BCUT2D eigenvalue weighted by molar-refractivity contribution is -0.139. The lowest BCUT2D eigenvalue weighted by Gasteiger charge is -2.10. The molecule has 6 nitrogen and oxygen atoms in total. The Morgan fingerprint density at radius 1 is 1.18 bits per heavy atom. The molecule has 0 saturated carbocycles. The molecule has 2 amide bonds. The second-order valence-corrected chi connectivity index (χ2v) is 5.93. The Kier molecular flexibility index (Phi) is 5.74. The second-order valence-electron chi connectivity index (χ2n) is 4.99. The smallest absolute Gasteiger partial charge is 0.309 e. The number of thiophene rings is 1. The predicted octanol–water partition coefficient (Wildman–Crippen LogP) is 1.30. The average molecular weight is 321 g/mol. The summed E-state index contributed by atoms with van der Waals surface area (Å²) >= 11 is 1.58. The van der Waals surface area contributed by atoms with Crippen LogP contribution in [0.15, 0.2) is 34.1 Å². The Morgan fingerprint density at radius 2 is 1.95 bits per heavy atom. The van der Waals surface area contributed by atoms with Gasteiger partial charge in [-0.1, -0.05) is 6.07 Å². The molecule has 0 atom stereocenters. The molecule has 0 aliphatic rings. The molecule has 0 saturated heterocycles. The van der Waals surface area contributed by atoms with Crippen LogP contribution in [0.2, 0.25) is 0 Å². The minimum atomic E-state index is -0.659. The van der Waals surface area contributed by atoms with E-state index >= 15 is 0 Å². The molecule has 0 aliphatic carbocycles. The number of likely N-dealkylation sites (N-methyl/N-ethyl adjacent to an activating group) is 1. The van der Waals surface area contributed by atoms with Gasteiger partial charge in [0.25, 0.3) is 0 Å². The summed E-state index contributed by atoms with van der Waals surface area (Å²) in [5.41, 5.74) is 0. The van der Waals surface area contributed by atoms with Gasteiger partial charge in [0.2, 0.25) is 0 Å². The summed E-state index contributed by atoms with van der Waals surface area (Å²) in [5, 5.41) is 7.07. The molecule has 7 heteroatoms. The Morgan fingerprint density at radius 3 is 2.64 bits per heavy atom. The highest BCUT2D eigenvalue weighted by Crippen LogP contribution is 2.26. The summed E-state index contributed by atoms with van der Waals surface area (Å²) in [6.07, 6.45) is 0. The summed E-state index contributed by atoms with van der Waals surface area (Å²) in [6.45, 7) is 1.30. The second kappa shape index (κ2) is 7.77. The Bertz CT molecular complexity index is 620. The van der Waals surface area contributed by atoms with Gasteiger partial charge in [0.1, 0.15) is 11.5 Å². The van der Waals surface area contributed by atoms with Gasteiger partial charge in [-0.2, -0.15) is 0 Å². The Labute approximate surface area is 133 Å². The molecule has 0 unspecified atom stereocenters. The van der Waals surface area contributed by atoms with Crippen LogP contribution in [0.4, 0.5) is 0 Å². The van der Waals surface area contributed by atoms with Crippen molar-refractivity contribution in [3.8, 4) is 10.6 Å². The molecule has 0 spiro atoms. The number of amides is 2. The fourth-order valence-corrected chi connectivity index (χ4v) is 2.43. The quantitative estimate of drug-likeness (QED) is 0.787. The summed E-state index contributed by atoms with van der Waals surface area (Å²) in [6, 6.07) is 7.55. The Balaban J connectivity index is 1.78. The zero-order valence-electron chi connectivity index (χ0n) is 12.6. The summed E-state index contributed by atoms with van der Waals surface area (Å²) < 4.78 is 5.63. The summed E-state index contributed by atoms with van der Waals surface area (Å²) in [4.78, 5) is 26.2. The van der Waals surface area contributed by atoms with Crippen LogP contribution in [0.25, 0.3) is 10.6 Å². The number of hydrogen-bond donors (Lipinski definition) is 2. The number of nitrogens with zero attached hydrogens (tertiary/aromatic N) is 1. The predicted molar refractivity (Wildman–Crippen MR) is 85.4 cm³/mol. The van der Waals surface area contributed by atoms with Crippen molar-refractivity contribution in [1.82, 2.24) is 15.5 Å². The molecule has 0 radical (unpaired) electrons. The SMILES string of the molecule is CN(C)CCNC(=O)C(=O)NCc1ccc(-c2cccs2)o1. The first-order valence-corrected chi connectivity index (χ1v) is 7.77. The van der Waals surface area contributed by atoms with Gasteiger partial charge in [-0.15, -0.1) is 11.3 Å². The van der Waals surface area contributed by atoms with Crippen LogP contribution >= 0.6 is 11.3 Å². The van der Waals surface area contributed by atoms with Gasteiger partial charge < -0.3 is 20.0 Å². The lowest BCUT2D eigenvalue weighted by Crippen LogP contribution is -2.41. The standard InChI is InChI=1S/C15H19N3O3S/c1-18(2)8-7-16-14(19)15(20)17-10-11-5-6-12(21-11)13-4-3-9-22-13/h3-6,9H,7-8,10H2,1-2H3,(H,16,19)(H,17,20). The van der Waals surface area contributed by atoms with E-state index in [0.717, 1.165) is 10.6 Å². The van der Waals surface area contributed by atoms with Crippen LogP contribution in [0.1, 0.15) is 5.76 Å². The lowest BCUT2D eigenvalue weighted by atomic mass is 10.3. The minimum absolute atomic E-state index is 0.186. The average Bonchev–Trinajstić information content (AvgIpc) is 3.14. The van der Waals surface area contributed by atoms with Gasteiger partial charge in [0.05, 0.1) is 11.4 Å². The molecule has 2 rings (SSSR count). The van der Waals surface area contributed by atoms with Crippen molar-refractivity contribution in [2.24, 2.45) is 0 Å². The van der Waals surface area contributed by atoms with E-state index in [1.165, 1.54) is 0 Å². The molecule has 2 heterocycles. The van der Waals surface area contributed by atoms with Crippen LogP contribution < -0.4 is 10.6 Å². The van der Waals surface area contributed by atoms with Gasteiger partial charge >= 0.3 is 11.8 Å². The zero-order valence-corrected chi connectivity index (χ0v) is 13.4. The van der Waals surface area contributed by atoms with Gasteiger partial charge in [0, 0.05) is 13.1 Å². The maximum absolute atomic E-state index is 11.7. The number of hydrogen-bond acceptors (Lipinski definition) is 5. The third kappa shape index (κ3) is 4.71. The van der Waals surface area contributed by atoms with Crippen molar-refractivity contribution in [2.45, 2.75) is 6.54 Å². The molecule has 0 aliphatic heterocycles. The molecule has 2 N–H and O–H groups in total. The molecule has 2 aromatic heterocycles. The van der Waals surface area contributed by atoms with Gasteiger partial charge in [0.15, 0.2) is 0 Å². The number of carbonyl (C=O) groups excluding carboxylic acids is 2. The van der Waals surface area contributed by atoms with E-state index < -0.39 is 11.8 Å². The summed E-state index contributed by atoms with van der Waals surface area (Å²) in [5.74, 6) is 0.0761. The molecule has 0 aromatic carbocycles. The van der Waals surface area contributed by atoms with E-state index in [-0.39, 0.29) is 6.54 Å². The van der Waals surface area contributed by atoms with Crippen LogP contribution in [0.5, 0.6) is 0 Å². The van der Waals surface area contributed by atoms with Crippen molar-refractivity contribution in [3.63, 3.8) is 0 Å². The first-order chi connectivity index (χ1) is 10.6. The number of rotatable bonds is 6. The number of furan rings is 1. The van der Waals surface area contributed by atoms with Crippen molar-refractivity contribution in [1.29, 1.82) is 0 Å². The van der Waals surface area contributed by atoms with Gasteiger partial charge in [-0.3, -0.25) is 9.59 Å². The fraction of sp³-hybridized carbons (Fsp3) is 0.333. The highest BCUT2D eigenvalue weighted by atomic mass is 32.1. The topological polar surface area (TPSA) is 74.6 Å². The van der Waals surface area contributed by atoms with E-state index in [9.17, 15) is 9.59 Å². The molecular formula is C15H19N3O3S. The van der Waals surface area contributed by atoms with Crippen LogP contribution in [0.3, 0.4) is 0 Å². The number of carbonyl (C=O) groups is 2. The van der Waals surface area contributed by atoms with Crippen LogP contribution in [-0.4, -0.2) is 43.9 Å². The monoisotopic (exact) mass is 321 g/mol. The maximum atomic E-state index is 11.7. The molecule has 2 aromatic rings. The van der Waals surface area contributed by atoms with E-state index in [1.54, 1.807) is 17.4 Å². The minimum Gasteiger partial charge on any atom is -0.458 e. The molecule has 118 valence electrons. The third-order valence-electron chi connectivity index (χ3n) is 2.90. The maximum Gasteiger partial charge on any atom is 0.309 e. The van der Waals surface area contributed by atoms with E-state index in [0.29, 0.717) is 18.8 Å². The van der Waals surface area contributed by atoms with Crippen molar-refractivity contribution < 1.29 is 14.0 Å². The van der Waals surface area contributed by atoms with Crippen molar-refractivity contribution in [2.75, 3.05) is 27.2 Å². The van der Waals surface area contributed by atoms with Gasteiger partial charge in [-0.25, -0.2) is 0 Å². The zero-order chi connectivity index (χ0) is 15.9. The largest absolute Gasteiger partial charge is 0.458 e. The highest BCUT2D eigenvalue weighted by molar-refractivity contribution is 7.13. The van der Waals surface area contributed by atoms with Crippen LogP contribution in [-0.2, 0) is 16.1 Å². The van der Waals surface area contributed by atoms with Crippen molar-refractivity contribution >= 4 is 23.2 Å². The molecule has 22 heavy (non-hydrogen) atoms. The Hall–Kier alpha value is -2.12. The molecule has 0 bridgehead atoms. The van der Waals surface area contributed by atoms with Crippen molar-refractivity contribution in [3.05, 3.63) is 35.4 Å². The van der Waals surface area contributed by atoms with E-state index in [4.69, 9.17) is 4.42 Å². The molecular weight excluding hydrogens is 302 g/mol. The fourth-order valence-electron chi connectivity index (χ4n) is 1.75. The normalized spacial score (nSPS) is 10.7. The van der Waals surface area contributed by atoms with E-state index in [2.05, 4.69) is 10.6 Å². The summed E-state index contributed by atoms with van der Waals surface area (Å²) in [7, 11) is 3.79. The van der Waals surface area contributed by atoms with Gasteiger partial charge in [-0.05, 0) is 37.7 Å². The van der Waals surface area contributed by atoms with Crippen LogP contribution in [0, 0.1) is 0 Å². The number of nitrogens with one attached hydrogen (secondary N) is 2. The third-order valence-corrected chi connectivity index (χ3v) is 3.78. The van der Waals surface area contributed by atoms with E-state index in [1.807, 2.05) is 42.6 Å². The first kappa shape index (κ1) is 16.3. The first-order valence-electron chi connectivity index (χ1n) is 6.89.